The summed E-state index contributed by atoms with van der Waals surface area (Å²) in [7, 11) is 0. The molecule has 0 saturated heterocycles. The number of hydrogen-bond donors (Lipinski definition) is 3. The normalized spacial score (nSPS) is 10.9. The Kier molecular flexibility index (Phi) is 6.20. The van der Waals surface area contributed by atoms with E-state index in [1.807, 2.05) is 91.9 Å². The van der Waals surface area contributed by atoms with Gasteiger partial charge in [0.2, 0.25) is 5.96 Å². The Hall–Kier alpha value is -3.60. The van der Waals surface area contributed by atoms with E-state index in [0.717, 1.165) is 16.8 Å². The number of para-hydroxylation sites is 1. The quantitative estimate of drug-likeness (QED) is 0.464. The first kappa shape index (κ1) is 18.2. The number of nitrogens with one attached hydrogen (secondary N) is 3. The van der Waals surface area contributed by atoms with Crippen LogP contribution < -0.4 is 16.0 Å². The van der Waals surface area contributed by atoms with Gasteiger partial charge >= 0.3 is 6.03 Å². The van der Waals surface area contributed by atoms with Crippen molar-refractivity contribution in [3.63, 3.8) is 0 Å². The fourth-order valence-corrected chi connectivity index (χ4v) is 2.43. The number of rotatable bonds is 4. The Labute approximate surface area is 159 Å². The number of carbonyl (C=O) groups excluding carboxylic acids is 1. The van der Waals surface area contributed by atoms with Crippen LogP contribution >= 0.6 is 0 Å². The third-order valence-corrected chi connectivity index (χ3v) is 3.84. The van der Waals surface area contributed by atoms with Gasteiger partial charge in [-0.25, -0.2) is 9.79 Å². The molecule has 0 aliphatic rings. The van der Waals surface area contributed by atoms with Crippen LogP contribution in [0, 0.1) is 6.92 Å². The SMILES string of the molecule is Cc1ccc(NC(=NCc2ccccc2)NC(=O)Nc2ccccc2)cc1. The summed E-state index contributed by atoms with van der Waals surface area (Å²) in [6.45, 7) is 2.49. The lowest BCUT2D eigenvalue weighted by Gasteiger charge is -2.13. The van der Waals surface area contributed by atoms with Crippen LogP contribution in [0.4, 0.5) is 16.2 Å². The van der Waals surface area contributed by atoms with E-state index >= 15 is 0 Å². The van der Waals surface area contributed by atoms with Crippen LogP contribution in [0.2, 0.25) is 0 Å². The van der Waals surface area contributed by atoms with E-state index < -0.39 is 0 Å². The van der Waals surface area contributed by atoms with Crippen LogP contribution in [0.1, 0.15) is 11.1 Å². The third kappa shape index (κ3) is 6.01. The van der Waals surface area contributed by atoms with Crippen molar-refractivity contribution < 1.29 is 4.79 Å². The molecule has 27 heavy (non-hydrogen) atoms. The van der Waals surface area contributed by atoms with Crippen molar-refractivity contribution in [3.8, 4) is 0 Å². The van der Waals surface area contributed by atoms with E-state index in [1.165, 1.54) is 0 Å². The number of urea groups is 1. The summed E-state index contributed by atoms with van der Waals surface area (Å²) in [6.07, 6.45) is 0. The maximum Gasteiger partial charge on any atom is 0.325 e. The number of hydrogen-bond acceptors (Lipinski definition) is 2. The Morgan fingerprint density at radius 1 is 0.778 bits per heavy atom. The maximum atomic E-state index is 12.3. The second-order valence-corrected chi connectivity index (χ2v) is 6.09. The fraction of sp³-hybridized carbons (Fsp3) is 0.0909. The van der Waals surface area contributed by atoms with Crippen LogP contribution in [-0.2, 0) is 6.54 Å². The standard InChI is InChI=1S/C22H22N4O/c1-17-12-14-20(15-13-17)24-21(23-16-18-8-4-2-5-9-18)26-22(27)25-19-10-6-3-7-11-19/h2-15H,16H2,1H3,(H3,23,24,25,26,27). The van der Waals surface area contributed by atoms with Crippen LogP contribution in [-0.4, -0.2) is 12.0 Å². The average Bonchev–Trinajstić information content (AvgIpc) is 2.69. The van der Waals surface area contributed by atoms with Crippen LogP contribution in [0.15, 0.2) is 89.9 Å². The van der Waals surface area contributed by atoms with Crippen molar-refractivity contribution in [2.24, 2.45) is 4.99 Å². The molecular weight excluding hydrogens is 336 g/mol. The minimum absolute atomic E-state index is 0.354. The van der Waals surface area contributed by atoms with Crippen molar-refractivity contribution in [3.05, 3.63) is 96.1 Å². The Bertz CT molecular complexity index is 891. The Balaban J connectivity index is 1.71. The molecule has 0 aliphatic carbocycles. The number of amides is 2. The highest BCUT2D eigenvalue weighted by Crippen LogP contribution is 2.09. The van der Waals surface area contributed by atoms with Gasteiger partial charge in [0.25, 0.3) is 0 Å². The van der Waals surface area contributed by atoms with Crippen molar-refractivity contribution in [2.45, 2.75) is 13.5 Å². The van der Waals surface area contributed by atoms with Gasteiger partial charge < -0.3 is 10.6 Å². The summed E-state index contributed by atoms with van der Waals surface area (Å²) in [5, 5.41) is 8.75. The molecule has 3 aromatic rings. The summed E-state index contributed by atoms with van der Waals surface area (Å²) < 4.78 is 0. The minimum atomic E-state index is -0.354. The molecule has 0 fully saturated rings. The smallest absolute Gasteiger partial charge is 0.325 e. The van der Waals surface area contributed by atoms with E-state index in [4.69, 9.17) is 0 Å². The molecule has 3 aromatic carbocycles. The number of carbonyl (C=O) groups is 1. The molecule has 0 aromatic heterocycles. The summed E-state index contributed by atoms with van der Waals surface area (Å²) in [4.78, 5) is 16.9. The number of nitrogens with zero attached hydrogens (tertiary/aromatic N) is 1. The number of aryl methyl sites for hydroxylation is 1. The molecule has 5 nitrogen and oxygen atoms in total. The predicted molar refractivity (Wildman–Crippen MR) is 111 cm³/mol. The molecule has 0 spiro atoms. The van der Waals surface area contributed by atoms with E-state index in [-0.39, 0.29) is 6.03 Å². The molecule has 0 aliphatic heterocycles. The molecule has 136 valence electrons. The van der Waals surface area contributed by atoms with Gasteiger partial charge in [0.05, 0.1) is 6.54 Å². The van der Waals surface area contributed by atoms with Gasteiger partial charge in [0.15, 0.2) is 0 Å². The van der Waals surface area contributed by atoms with E-state index in [2.05, 4.69) is 20.9 Å². The first-order chi connectivity index (χ1) is 13.2. The molecule has 3 rings (SSSR count). The second kappa shape index (κ2) is 9.20. The fourth-order valence-electron chi connectivity index (χ4n) is 2.43. The first-order valence-corrected chi connectivity index (χ1v) is 8.74. The highest BCUT2D eigenvalue weighted by molar-refractivity contribution is 6.07. The van der Waals surface area contributed by atoms with Gasteiger partial charge in [-0.15, -0.1) is 0 Å². The van der Waals surface area contributed by atoms with Crippen LogP contribution in [0.25, 0.3) is 0 Å². The molecule has 0 unspecified atom stereocenters. The van der Waals surface area contributed by atoms with Crippen molar-refractivity contribution in [1.29, 1.82) is 0 Å². The van der Waals surface area contributed by atoms with Crippen molar-refractivity contribution in [2.75, 3.05) is 10.6 Å². The molecule has 3 N–H and O–H groups in total. The molecule has 0 atom stereocenters. The molecule has 0 saturated carbocycles. The van der Waals surface area contributed by atoms with Crippen LogP contribution in [0.5, 0.6) is 0 Å². The maximum absolute atomic E-state index is 12.3. The van der Waals surface area contributed by atoms with Crippen molar-refractivity contribution in [1.82, 2.24) is 5.32 Å². The lowest BCUT2D eigenvalue weighted by molar-refractivity contribution is 0.256. The van der Waals surface area contributed by atoms with E-state index in [0.29, 0.717) is 18.2 Å². The van der Waals surface area contributed by atoms with Gasteiger partial charge in [-0.3, -0.25) is 5.32 Å². The zero-order chi connectivity index (χ0) is 18.9. The lowest BCUT2D eigenvalue weighted by atomic mass is 10.2. The average molecular weight is 358 g/mol. The molecular formula is C22H22N4O. The summed E-state index contributed by atoms with van der Waals surface area (Å²) in [5.41, 5.74) is 3.80. The predicted octanol–water partition coefficient (Wildman–Crippen LogP) is 4.78. The lowest BCUT2D eigenvalue weighted by Crippen LogP contribution is -2.39. The monoisotopic (exact) mass is 358 g/mol. The minimum Gasteiger partial charge on any atom is -0.326 e. The largest absolute Gasteiger partial charge is 0.326 e. The Morgan fingerprint density at radius 3 is 2.04 bits per heavy atom. The van der Waals surface area contributed by atoms with Gasteiger partial charge in [0, 0.05) is 11.4 Å². The highest BCUT2D eigenvalue weighted by atomic mass is 16.2. The molecule has 0 bridgehead atoms. The second-order valence-electron chi connectivity index (χ2n) is 6.09. The summed E-state index contributed by atoms with van der Waals surface area (Å²) >= 11 is 0. The molecule has 2 amide bonds. The van der Waals surface area contributed by atoms with Gasteiger partial charge in [-0.05, 0) is 36.8 Å². The van der Waals surface area contributed by atoms with Gasteiger partial charge in [-0.2, -0.15) is 0 Å². The first-order valence-electron chi connectivity index (χ1n) is 8.74. The molecule has 5 heteroatoms. The number of anilines is 2. The highest BCUT2D eigenvalue weighted by Gasteiger charge is 2.07. The topological polar surface area (TPSA) is 65.5 Å². The van der Waals surface area contributed by atoms with Crippen molar-refractivity contribution >= 4 is 23.4 Å². The number of benzene rings is 3. The molecule has 0 heterocycles. The third-order valence-electron chi connectivity index (χ3n) is 3.84. The Morgan fingerprint density at radius 2 is 1.37 bits per heavy atom. The zero-order valence-corrected chi connectivity index (χ0v) is 15.1. The molecule has 0 radical (unpaired) electrons. The zero-order valence-electron chi connectivity index (χ0n) is 15.1. The summed E-state index contributed by atoms with van der Waals surface area (Å²) in [6, 6.07) is 26.7. The number of guanidine groups is 1. The van der Waals surface area contributed by atoms with Gasteiger partial charge in [-0.1, -0.05) is 66.2 Å². The van der Waals surface area contributed by atoms with E-state index in [9.17, 15) is 4.79 Å². The number of aliphatic imine (C=N–C) groups is 1. The summed E-state index contributed by atoms with van der Waals surface area (Å²) in [5.74, 6) is 0.385. The van der Waals surface area contributed by atoms with Gasteiger partial charge in [0.1, 0.15) is 0 Å². The van der Waals surface area contributed by atoms with E-state index in [1.54, 1.807) is 0 Å². The van der Waals surface area contributed by atoms with Crippen LogP contribution in [0.3, 0.4) is 0 Å².